The van der Waals surface area contributed by atoms with Gasteiger partial charge in [-0.2, -0.15) is 11.3 Å². The van der Waals surface area contributed by atoms with Crippen LogP contribution in [0, 0.1) is 5.92 Å². The lowest BCUT2D eigenvalue weighted by atomic mass is 9.73. The van der Waals surface area contributed by atoms with E-state index in [-0.39, 0.29) is 5.60 Å². The number of thiophene rings is 1. The predicted molar refractivity (Wildman–Crippen MR) is 60.8 cm³/mol. The minimum atomic E-state index is -0.347. The van der Waals surface area contributed by atoms with E-state index in [2.05, 4.69) is 18.4 Å². The van der Waals surface area contributed by atoms with Gasteiger partial charge in [0.05, 0.1) is 0 Å². The molecule has 2 nitrogen and oxygen atoms in total. The average Bonchev–Trinajstić information content (AvgIpc) is 2.75. The summed E-state index contributed by atoms with van der Waals surface area (Å²) in [5.74, 6) is 0.422. The molecule has 0 bridgehead atoms. The Labute approximate surface area is 94.3 Å². The molecule has 1 aromatic rings. The summed E-state index contributed by atoms with van der Waals surface area (Å²) in [6, 6.07) is 2.08. The normalized spacial score (nSPS) is 31.1. The number of carbonyl (C=O) groups is 1. The molecule has 15 heavy (non-hydrogen) atoms. The average molecular weight is 224 g/mol. The predicted octanol–water partition coefficient (Wildman–Crippen LogP) is 3.33. The van der Waals surface area contributed by atoms with Crippen molar-refractivity contribution in [2.45, 2.75) is 38.2 Å². The Kier molecular flexibility index (Phi) is 3.10. The fourth-order valence-corrected chi connectivity index (χ4v) is 3.31. The molecule has 0 spiro atoms. The zero-order chi connectivity index (χ0) is 10.7. The summed E-state index contributed by atoms with van der Waals surface area (Å²) < 4.78 is 5.45. The van der Waals surface area contributed by atoms with Crippen LogP contribution in [0.5, 0.6) is 0 Å². The zero-order valence-corrected chi connectivity index (χ0v) is 9.76. The number of rotatable bonds is 3. The highest BCUT2D eigenvalue weighted by Gasteiger charge is 2.42. The van der Waals surface area contributed by atoms with Gasteiger partial charge in [-0.1, -0.05) is 13.3 Å². The Morgan fingerprint density at radius 2 is 2.47 bits per heavy atom. The summed E-state index contributed by atoms with van der Waals surface area (Å²) in [7, 11) is 0. The van der Waals surface area contributed by atoms with Gasteiger partial charge in [-0.3, -0.25) is 4.79 Å². The molecule has 0 N–H and O–H groups in total. The highest BCUT2D eigenvalue weighted by molar-refractivity contribution is 7.08. The molecule has 0 aromatic carbocycles. The molecular formula is C12H16O2S. The third-order valence-corrected chi connectivity index (χ3v) is 4.18. The van der Waals surface area contributed by atoms with E-state index in [0.717, 1.165) is 19.3 Å². The molecule has 1 aromatic heterocycles. The summed E-state index contributed by atoms with van der Waals surface area (Å²) in [5.41, 5.74) is 0.826. The van der Waals surface area contributed by atoms with Crippen LogP contribution >= 0.6 is 11.3 Å². The third kappa shape index (κ3) is 1.81. The summed E-state index contributed by atoms with van der Waals surface area (Å²) >= 11 is 1.66. The molecule has 1 aliphatic rings. The molecule has 0 amide bonds. The quantitative estimate of drug-likeness (QED) is 0.736. The van der Waals surface area contributed by atoms with Crippen LogP contribution < -0.4 is 0 Å². The van der Waals surface area contributed by atoms with Crippen molar-refractivity contribution in [1.82, 2.24) is 0 Å². The topological polar surface area (TPSA) is 26.3 Å². The SMILES string of the molecule is CC1CCCCC1(OC=O)c1ccsc1. The smallest absolute Gasteiger partial charge is 0.293 e. The lowest BCUT2D eigenvalue weighted by Gasteiger charge is -2.40. The molecule has 1 aliphatic carbocycles. The van der Waals surface area contributed by atoms with Gasteiger partial charge < -0.3 is 4.74 Å². The minimum Gasteiger partial charge on any atom is -0.456 e. The number of carbonyl (C=O) groups excluding carboxylic acids is 1. The second-order valence-corrected chi connectivity index (χ2v) is 5.04. The second-order valence-electron chi connectivity index (χ2n) is 4.26. The first-order valence-electron chi connectivity index (χ1n) is 5.44. The molecule has 1 fully saturated rings. The van der Waals surface area contributed by atoms with Crippen LogP contribution in [0.2, 0.25) is 0 Å². The van der Waals surface area contributed by atoms with E-state index < -0.39 is 0 Å². The Bertz CT molecular complexity index is 320. The maximum Gasteiger partial charge on any atom is 0.293 e. The minimum absolute atomic E-state index is 0.347. The van der Waals surface area contributed by atoms with Crippen molar-refractivity contribution < 1.29 is 9.53 Å². The monoisotopic (exact) mass is 224 g/mol. The van der Waals surface area contributed by atoms with E-state index in [4.69, 9.17) is 4.74 Å². The molecule has 2 unspecified atom stereocenters. The maximum absolute atomic E-state index is 10.7. The summed E-state index contributed by atoms with van der Waals surface area (Å²) in [5, 5.41) is 4.15. The fourth-order valence-electron chi connectivity index (χ4n) is 2.58. The molecular weight excluding hydrogens is 208 g/mol. The number of hydrogen-bond donors (Lipinski definition) is 0. The van der Waals surface area contributed by atoms with Crippen molar-refractivity contribution in [2.24, 2.45) is 5.92 Å². The van der Waals surface area contributed by atoms with Gasteiger partial charge in [0.25, 0.3) is 6.47 Å². The van der Waals surface area contributed by atoms with Crippen molar-refractivity contribution in [3.05, 3.63) is 22.4 Å². The molecule has 2 rings (SSSR count). The largest absolute Gasteiger partial charge is 0.456 e. The number of ether oxygens (including phenoxy) is 1. The van der Waals surface area contributed by atoms with Crippen molar-refractivity contribution in [2.75, 3.05) is 0 Å². The van der Waals surface area contributed by atoms with Crippen molar-refractivity contribution in [3.63, 3.8) is 0 Å². The molecule has 82 valence electrons. The van der Waals surface area contributed by atoms with Crippen LogP contribution in [0.1, 0.15) is 38.2 Å². The third-order valence-electron chi connectivity index (χ3n) is 3.50. The van der Waals surface area contributed by atoms with E-state index in [1.54, 1.807) is 11.3 Å². The zero-order valence-electron chi connectivity index (χ0n) is 8.94. The fraction of sp³-hybridized carbons (Fsp3) is 0.583. The van der Waals surface area contributed by atoms with Crippen LogP contribution in [0.4, 0.5) is 0 Å². The van der Waals surface area contributed by atoms with Gasteiger partial charge >= 0.3 is 0 Å². The summed E-state index contributed by atoms with van der Waals surface area (Å²) in [6.45, 7) is 2.79. The highest BCUT2D eigenvalue weighted by Crippen LogP contribution is 2.44. The van der Waals surface area contributed by atoms with Crippen molar-refractivity contribution in [1.29, 1.82) is 0 Å². The molecule has 1 saturated carbocycles. The van der Waals surface area contributed by atoms with Gasteiger partial charge in [-0.15, -0.1) is 0 Å². The van der Waals surface area contributed by atoms with E-state index in [1.807, 2.05) is 5.38 Å². The van der Waals surface area contributed by atoms with Crippen molar-refractivity contribution >= 4 is 17.8 Å². The van der Waals surface area contributed by atoms with Crippen LogP contribution in [0.3, 0.4) is 0 Å². The second kappa shape index (κ2) is 4.35. The lowest BCUT2D eigenvalue weighted by Crippen LogP contribution is -2.38. The lowest BCUT2D eigenvalue weighted by molar-refractivity contribution is -0.155. The van der Waals surface area contributed by atoms with Gasteiger partial charge in [0.2, 0.25) is 0 Å². The van der Waals surface area contributed by atoms with E-state index >= 15 is 0 Å². The molecule has 0 radical (unpaired) electrons. The van der Waals surface area contributed by atoms with Gasteiger partial charge in [0, 0.05) is 11.5 Å². The van der Waals surface area contributed by atoms with Crippen LogP contribution in [-0.4, -0.2) is 6.47 Å². The Hall–Kier alpha value is -0.830. The van der Waals surface area contributed by atoms with Gasteiger partial charge in [-0.05, 0) is 36.1 Å². The Morgan fingerprint density at radius 1 is 1.60 bits per heavy atom. The van der Waals surface area contributed by atoms with E-state index in [0.29, 0.717) is 12.4 Å². The molecule has 0 saturated heterocycles. The van der Waals surface area contributed by atoms with Gasteiger partial charge in [-0.25, -0.2) is 0 Å². The first-order chi connectivity index (χ1) is 7.29. The van der Waals surface area contributed by atoms with E-state index in [1.165, 1.54) is 12.0 Å². The van der Waals surface area contributed by atoms with Gasteiger partial charge in [0.15, 0.2) is 0 Å². The van der Waals surface area contributed by atoms with Crippen molar-refractivity contribution in [3.8, 4) is 0 Å². The maximum atomic E-state index is 10.7. The van der Waals surface area contributed by atoms with Crippen LogP contribution in [0.25, 0.3) is 0 Å². The van der Waals surface area contributed by atoms with Gasteiger partial charge in [0.1, 0.15) is 5.60 Å². The first-order valence-corrected chi connectivity index (χ1v) is 6.38. The standard InChI is InChI=1S/C12H16O2S/c1-10-4-2-3-6-12(10,14-9-13)11-5-7-15-8-11/h5,7-10H,2-4,6H2,1H3. The van der Waals surface area contributed by atoms with E-state index in [9.17, 15) is 4.79 Å². The highest BCUT2D eigenvalue weighted by atomic mass is 32.1. The Balaban J connectivity index is 2.34. The molecule has 0 aliphatic heterocycles. The van der Waals surface area contributed by atoms with Crippen LogP contribution in [-0.2, 0) is 15.1 Å². The molecule has 2 atom stereocenters. The number of hydrogen-bond acceptors (Lipinski definition) is 3. The Morgan fingerprint density at radius 3 is 3.07 bits per heavy atom. The van der Waals surface area contributed by atoms with Crippen LogP contribution in [0.15, 0.2) is 16.8 Å². The summed E-state index contributed by atoms with van der Waals surface area (Å²) in [6.07, 6.45) is 4.50. The first kappa shape index (κ1) is 10.7. The summed E-state index contributed by atoms with van der Waals surface area (Å²) in [4.78, 5) is 10.7. The molecule has 1 heterocycles. The molecule has 3 heteroatoms.